The molecule has 25 heavy (non-hydrogen) atoms. The van der Waals surface area contributed by atoms with Gasteiger partial charge in [-0.05, 0) is 13.0 Å². The molecule has 0 unspecified atom stereocenters. The Labute approximate surface area is 145 Å². The molecule has 1 N–H and O–H groups in total. The van der Waals surface area contributed by atoms with Crippen molar-refractivity contribution in [1.82, 2.24) is 24.4 Å². The van der Waals surface area contributed by atoms with Gasteiger partial charge in [0, 0.05) is 25.0 Å². The summed E-state index contributed by atoms with van der Waals surface area (Å²) in [4.78, 5) is 16.9. The van der Waals surface area contributed by atoms with Crippen molar-refractivity contribution >= 4 is 22.8 Å². The summed E-state index contributed by atoms with van der Waals surface area (Å²) >= 11 is 0. The largest absolute Gasteiger partial charge is 0.319 e. The topological polar surface area (TPSA) is 77.1 Å². The number of hydrogen-bond donors (Lipinski definition) is 1. The van der Waals surface area contributed by atoms with Gasteiger partial charge in [0.15, 0.2) is 5.65 Å². The van der Waals surface area contributed by atoms with E-state index in [0.717, 1.165) is 11.3 Å². The number of anilines is 1. The summed E-state index contributed by atoms with van der Waals surface area (Å²) in [5.41, 5.74) is 3.19. The van der Waals surface area contributed by atoms with Gasteiger partial charge in [-0.2, -0.15) is 10.2 Å². The Morgan fingerprint density at radius 3 is 2.92 bits per heavy atom. The standard InChI is InChI=1S/C18H18N6O/c1-4-7-13(8-5-2)16-15(12-20-23(16)3)22-18(25)14-11-21-24-10-6-9-19-17(14)24/h4-12H,1H2,2-3H3,(H,22,25)/b8-5-,13-7+. The molecule has 0 aliphatic heterocycles. The van der Waals surface area contributed by atoms with Gasteiger partial charge >= 0.3 is 0 Å². The van der Waals surface area contributed by atoms with Crippen LogP contribution in [0.3, 0.4) is 0 Å². The zero-order valence-corrected chi connectivity index (χ0v) is 14.0. The van der Waals surface area contributed by atoms with E-state index in [1.165, 1.54) is 6.20 Å². The lowest BCUT2D eigenvalue weighted by atomic mass is 10.1. The second-order valence-corrected chi connectivity index (χ2v) is 5.29. The molecule has 0 aromatic carbocycles. The summed E-state index contributed by atoms with van der Waals surface area (Å²) in [6.45, 7) is 5.67. The van der Waals surface area contributed by atoms with Crippen molar-refractivity contribution in [2.45, 2.75) is 6.92 Å². The number of aryl methyl sites for hydroxylation is 1. The molecule has 3 aromatic rings. The smallest absolute Gasteiger partial charge is 0.261 e. The van der Waals surface area contributed by atoms with Gasteiger partial charge in [0.05, 0.1) is 23.8 Å². The Balaban J connectivity index is 1.97. The molecule has 0 spiro atoms. The Morgan fingerprint density at radius 2 is 2.16 bits per heavy atom. The fourth-order valence-corrected chi connectivity index (χ4v) is 2.57. The number of allylic oxidation sites excluding steroid dienone is 5. The van der Waals surface area contributed by atoms with Crippen LogP contribution in [-0.4, -0.2) is 30.3 Å². The van der Waals surface area contributed by atoms with Crippen LogP contribution in [0.2, 0.25) is 0 Å². The third-order valence-corrected chi connectivity index (χ3v) is 3.63. The lowest BCUT2D eigenvalue weighted by Crippen LogP contribution is -2.13. The number of nitrogens with one attached hydrogen (secondary N) is 1. The van der Waals surface area contributed by atoms with E-state index in [2.05, 4.69) is 27.1 Å². The number of amides is 1. The van der Waals surface area contributed by atoms with Gasteiger partial charge < -0.3 is 5.32 Å². The molecule has 0 bridgehead atoms. The zero-order valence-electron chi connectivity index (χ0n) is 14.0. The van der Waals surface area contributed by atoms with E-state index in [-0.39, 0.29) is 5.91 Å². The highest BCUT2D eigenvalue weighted by atomic mass is 16.1. The summed E-state index contributed by atoms with van der Waals surface area (Å²) in [7, 11) is 1.82. The van der Waals surface area contributed by atoms with Crippen molar-refractivity contribution in [1.29, 1.82) is 0 Å². The molecule has 3 aromatic heterocycles. The normalized spacial score (nSPS) is 12.0. The van der Waals surface area contributed by atoms with Gasteiger partial charge in [0.2, 0.25) is 0 Å². The minimum absolute atomic E-state index is 0.290. The molecule has 0 aliphatic carbocycles. The van der Waals surface area contributed by atoms with Gasteiger partial charge in [-0.15, -0.1) is 0 Å². The van der Waals surface area contributed by atoms with E-state index in [1.54, 1.807) is 39.9 Å². The van der Waals surface area contributed by atoms with Gasteiger partial charge in [-0.25, -0.2) is 9.50 Å². The lowest BCUT2D eigenvalue weighted by molar-refractivity contribution is 0.102. The second kappa shape index (κ2) is 6.96. The molecule has 126 valence electrons. The molecule has 3 heterocycles. The first-order valence-electron chi connectivity index (χ1n) is 7.73. The number of fused-ring (bicyclic) bond motifs is 1. The Hall–Kier alpha value is -3.48. The van der Waals surface area contributed by atoms with Crippen LogP contribution in [0.25, 0.3) is 11.2 Å². The molecule has 7 heteroatoms. The maximum absolute atomic E-state index is 12.7. The molecule has 0 atom stereocenters. The molecule has 7 nitrogen and oxygen atoms in total. The Kier molecular flexibility index (Phi) is 4.56. The molecule has 0 radical (unpaired) electrons. The SMILES string of the molecule is C=C/C=C(\C=C/C)c1c(NC(=O)c2cnn3cccnc23)cnn1C. The predicted octanol–water partition coefficient (Wildman–Crippen LogP) is 2.86. The zero-order chi connectivity index (χ0) is 17.8. The van der Waals surface area contributed by atoms with Crippen LogP contribution in [0.4, 0.5) is 5.69 Å². The van der Waals surface area contributed by atoms with Crippen molar-refractivity contribution in [2.75, 3.05) is 5.32 Å². The molecular weight excluding hydrogens is 316 g/mol. The van der Waals surface area contributed by atoms with Crippen molar-refractivity contribution in [2.24, 2.45) is 7.05 Å². The minimum Gasteiger partial charge on any atom is -0.319 e. The summed E-state index contributed by atoms with van der Waals surface area (Å²) in [6, 6.07) is 1.75. The summed E-state index contributed by atoms with van der Waals surface area (Å²) in [5.74, 6) is -0.290. The van der Waals surface area contributed by atoms with Gasteiger partial charge in [-0.3, -0.25) is 9.48 Å². The van der Waals surface area contributed by atoms with E-state index in [1.807, 2.05) is 32.2 Å². The highest BCUT2D eigenvalue weighted by Crippen LogP contribution is 2.25. The van der Waals surface area contributed by atoms with Gasteiger partial charge in [-0.1, -0.05) is 30.9 Å². The van der Waals surface area contributed by atoms with E-state index < -0.39 is 0 Å². The predicted molar refractivity (Wildman–Crippen MR) is 97.1 cm³/mol. The number of rotatable bonds is 5. The number of carbonyl (C=O) groups excluding carboxylic acids is 1. The average Bonchev–Trinajstić information content (AvgIpc) is 3.18. The summed E-state index contributed by atoms with van der Waals surface area (Å²) in [5, 5.41) is 11.3. The van der Waals surface area contributed by atoms with Crippen LogP contribution in [0, 0.1) is 0 Å². The quantitative estimate of drug-likeness (QED) is 0.728. The lowest BCUT2D eigenvalue weighted by Gasteiger charge is -2.08. The van der Waals surface area contributed by atoms with E-state index in [0.29, 0.717) is 16.9 Å². The van der Waals surface area contributed by atoms with E-state index in [4.69, 9.17) is 0 Å². The Morgan fingerprint density at radius 1 is 1.32 bits per heavy atom. The number of carbonyl (C=O) groups is 1. The van der Waals surface area contributed by atoms with Crippen LogP contribution in [0.5, 0.6) is 0 Å². The maximum Gasteiger partial charge on any atom is 0.261 e. The minimum atomic E-state index is -0.290. The first-order valence-corrected chi connectivity index (χ1v) is 7.73. The third kappa shape index (κ3) is 3.12. The molecule has 3 rings (SSSR count). The van der Waals surface area contributed by atoms with Crippen molar-refractivity contribution in [3.63, 3.8) is 0 Å². The van der Waals surface area contributed by atoms with Crippen LogP contribution < -0.4 is 5.32 Å². The van der Waals surface area contributed by atoms with Gasteiger partial charge in [0.25, 0.3) is 5.91 Å². The monoisotopic (exact) mass is 334 g/mol. The average molecular weight is 334 g/mol. The molecule has 0 fully saturated rings. The number of hydrogen-bond acceptors (Lipinski definition) is 4. The van der Waals surface area contributed by atoms with Crippen LogP contribution in [0.15, 0.2) is 61.7 Å². The fraction of sp³-hybridized carbons (Fsp3) is 0.111. The highest BCUT2D eigenvalue weighted by molar-refractivity contribution is 6.09. The molecule has 0 saturated heterocycles. The highest BCUT2D eigenvalue weighted by Gasteiger charge is 2.18. The van der Waals surface area contributed by atoms with Crippen LogP contribution >= 0.6 is 0 Å². The van der Waals surface area contributed by atoms with Crippen molar-refractivity contribution in [3.8, 4) is 0 Å². The summed E-state index contributed by atoms with van der Waals surface area (Å²) < 4.78 is 3.27. The number of aromatic nitrogens is 5. The van der Waals surface area contributed by atoms with Crippen LogP contribution in [-0.2, 0) is 7.05 Å². The maximum atomic E-state index is 12.7. The van der Waals surface area contributed by atoms with Gasteiger partial charge in [0.1, 0.15) is 5.56 Å². The molecule has 1 amide bonds. The molecule has 0 saturated carbocycles. The van der Waals surface area contributed by atoms with E-state index >= 15 is 0 Å². The fourth-order valence-electron chi connectivity index (χ4n) is 2.57. The first kappa shape index (κ1) is 16.4. The van der Waals surface area contributed by atoms with Crippen molar-refractivity contribution in [3.05, 3.63) is 73.0 Å². The first-order chi connectivity index (χ1) is 12.2. The number of nitrogens with zero attached hydrogens (tertiary/aromatic N) is 5. The van der Waals surface area contributed by atoms with Crippen molar-refractivity contribution < 1.29 is 4.79 Å². The summed E-state index contributed by atoms with van der Waals surface area (Å²) in [6.07, 6.45) is 13.9. The molecule has 0 aliphatic rings. The molecular formula is C18H18N6O. The Bertz CT molecular complexity index is 992. The van der Waals surface area contributed by atoms with Crippen LogP contribution in [0.1, 0.15) is 23.0 Å². The van der Waals surface area contributed by atoms with E-state index in [9.17, 15) is 4.79 Å². The second-order valence-electron chi connectivity index (χ2n) is 5.29. The third-order valence-electron chi connectivity index (χ3n) is 3.63.